The Morgan fingerprint density at radius 2 is 1.52 bits per heavy atom. The molecule has 0 aliphatic rings. The summed E-state index contributed by atoms with van der Waals surface area (Å²) in [6, 6.07) is 14.4. The zero-order chi connectivity index (χ0) is 16.2. The van der Waals surface area contributed by atoms with E-state index < -0.39 is 0 Å². The molecule has 0 saturated carbocycles. The van der Waals surface area contributed by atoms with Crippen molar-refractivity contribution >= 4 is 21.5 Å². The number of hydrogen-bond donors (Lipinski definition) is 0. The van der Waals surface area contributed by atoms with Gasteiger partial charge in [-0.2, -0.15) is 0 Å². The van der Waals surface area contributed by atoms with Crippen LogP contribution in [0.2, 0.25) is 0 Å². The third-order valence-corrected chi connectivity index (χ3v) is 3.78. The maximum absolute atomic E-state index is 5.78. The predicted octanol–water partition coefficient (Wildman–Crippen LogP) is 4.27. The molecule has 3 rings (SSSR count). The lowest BCUT2D eigenvalue weighted by atomic mass is 10.0. The fourth-order valence-corrected chi connectivity index (χ4v) is 2.71. The molecule has 0 bridgehead atoms. The maximum atomic E-state index is 5.78. The molecule has 0 fully saturated rings. The number of aryl methyl sites for hydroxylation is 1. The molecule has 0 aromatic heterocycles. The monoisotopic (exact) mass is 312 g/mol. The molecule has 0 atom stereocenters. The third-order valence-electron chi connectivity index (χ3n) is 3.78. The van der Waals surface area contributed by atoms with E-state index >= 15 is 0 Å². The number of ether oxygens (including phenoxy) is 4. The van der Waals surface area contributed by atoms with Crippen LogP contribution in [0.15, 0.2) is 42.5 Å². The summed E-state index contributed by atoms with van der Waals surface area (Å²) in [5, 5.41) is 4.32. The average Bonchev–Trinajstić information content (AvgIpc) is 2.57. The molecule has 0 unspecified atom stereocenters. The highest BCUT2D eigenvalue weighted by Crippen LogP contribution is 2.36. The van der Waals surface area contributed by atoms with Gasteiger partial charge in [-0.1, -0.05) is 24.3 Å². The van der Waals surface area contributed by atoms with E-state index in [1.54, 1.807) is 14.2 Å². The van der Waals surface area contributed by atoms with Crippen molar-refractivity contribution in [2.45, 2.75) is 6.92 Å². The zero-order valence-corrected chi connectivity index (χ0v) is 13.6. The number of rotatable bonds is 6. The van der Waals surface area contributed by atoms with E-state index in [0.717, 1.165) is 38.6 Å². The second kappa shape index (κ2) is 6.86. The van der Waals surface area contributed by atoms with Gasteiger partial charge in [0.2, 0.25) is 0 Å². The Balaban J connectivity index is 2.20. The van der Waals surface area contributed by atoms with Crippen LogP contribution >= 0.6 is 0 Å². The number of fused-ring (bicyclic) bond motifs is 2. The van der Waals surface area contributed by atoms with Gasteiger partial charge >= 0.3 is 0 Å². The first-order valence-electron chi connectivity index (χ1n) is 7.44. The molecule has 0 amide bonds. The van der Waals surface area contributed by atoms with Crippen molar-refractivity contribution in [3.8, 4) is 11.5 Å². The molecule has 0 saturated heterocycles. The van der Waals surface area contributed by atoms with Crippen LogP contribution in [0.3, 0.4) is 0 Å². The van der Waals surface area contributed by atoms with Crippen LogP contribution in [-0.4, -0.2) is 27.8 Å². The van der Waals surface area contributed by atoms with E-state index in [4.69, 9.17) is 18.9 Å². The summed E-state index contributed by atoms with van der Waals surface area (Å²) >= 11 is 0. The first kappa shape index (κ1) is 15.6. The zero-order valence-electron chi connectivity index (χ0n) is 13.6. The van der Waals surface area contributed by atoms with Crippen molar-refractivity contribution in [2.24, 2.45) is 0 Å². The number of methoxy groups -OCH3 is 2. The summed E-state index contributed by atoms with van der Waals surface area (Å²) in [4.78, 5) is 0. The van der Waals surface area contributed by atoms with Gasteiger partial charge < -0.3 is 18.9 Å². The molecule has 0 N–H and O–H groups in total. The summed E-state index contributed by atoms with van der Waals surface area (Å²) in [6.07, 6.45) is 0. The summed E-state index contributed by atoms with van der Waals surface area (Å²) in [7, 11) is 3.23. The molecule has 0 aliphatic heterocycles. The molecule has 4 heteroatoms. The van der Waals surface area contributed by atoms with Crippen molar-refractivity contribution in [2.75, 3.05) is 27.8 Å². The molecule has 4 nitrogen and oxygen atoms in total. The van der Waals surface area contributed by atoms with Crippen LogP contribution < -0.4 is 9.47 Å². The molecule has 3 aromatic rings. The second-order valence-electron chi connectivity index (χ2n) is 5.36. The molecule has 120 valence electrons. The average molecular weight is 312 g/mol. The number of hydrogen-bond acceptors (Lipinski definition) is 4. The minimum absolute atomic E-state index is 0.220. The molecule has 0 aliphatic carbocycles. The van der Waals surface area contributed by atoms with E-state index in [9.17, 15) is 0 Å². The van der Waals surface area contributed by atoms with Gasteiger partial charge in [0.1, 0.15) is 11.5 Å². The Morgan fingerprint density at radius 3 is 2.30 bits per heavy atom. The quantitative estimate of drug-likeness (QED) is 0.503. The Hall–Kier alpha value is -2.30. The molecule has 0 radical (unpaired) electrons. The lowest BCUT2D eigenvalue weighted by Gasteiger charge is -2.14. The van der Waals surface area contributed by atoms with Crippen molar-refractivity contribution in [3.05, 3.63) is 48.0 Å². The smallest absolute Gasteiger partial charge is 0.188 e. The van der Waals surface area contributed by atoms with Gasteiger partial charge in [0.05, 0.1) is 0 Å². The minimum atomic E-state index is 0.220. The molecule has 0 heterocycles. The Kier molecular flexibility index (Phi) is 4.65. The van der Waals surface area contributed by atoms with Crippen LogP contribution in [-0.2, 0) is 9.47 Å². The Bertz CT molecular complexity index is 826. The second-order valence-corrected chi connectivity index (χ2v) is 5.36. The van der Waals surface area contributed by atoms with Crippen LogP contribution in [0.4, 0.5) is 0 Å². The summed E-state index contributed by atoms with van der Waals surface area (Å²) in [6.45, 7) is 2.47. The van der Waals surface area contributed by atoms with E-state index in [1.807, 2.05) is 19.1 Å². The van der Waals surface area contributed by atoms with Gasteiger partial charge in [-0.3, -0.25) is 0 Å². The molecular weight excluding hydrogens is 292 g/mol. The van der Waals surface area contributed by atoms with Crippen molar-refractivity contribution in [3.63, 3.8) is 0 Å². The lowest BCUT2D eigenvalue weighted by Crippen LogP contribution is -2.01. The molecular formula is C19H20O4. The van der Waals surface area contributed by atoms with Crippen LogP contribution in [0.5, 0.6) is 11.5 Å². The normalized spacial score (nSPS) is 11.1. The van der Waals surface area contributed by atoms with Gasteiger partial charge in [0.25, 0.3) is 0 Å². The highest BCUT2D eigenvalue weighted by atomic mass is 16.7. The van der Waals surface area contributed by atoms with Crippen LogP contribution in [0, 0.1) is 6.92 Å². The van der Waals surface area contributed by atoms with Gasteiger partial charge in [-0.25, -0.2) is 0 Å². The first-order chi connectivity index (χ1) is 11.2. The van der Waals surface area contributed by atoms with Gasteiger partial charge in [0, 0.05) is 25.0 Å². The Morgan fingerprint density at radius 1 is 0.783 bits per heavy atom. The van der Waals surface area contributed by atoms with Crippen molar-refractivity contribution < 1.29 is 18.9 Å². The van der Waals surface area contributed by atoms with E-state index in [0.29, 0.717) is 0 Å². The van der Waals surface area contributed by atoms with E-state index in [2.05, 4.69) is 30.3 Å². The topological polar surface area (TPSA) is 36.9 Å². The maximum Gasteiger partial charge on any atom is 0.188 e. The Labute approximate surface area is 135 Å². The SMILES string of the molecule is COCOc1cccc2cc3ccc(C)c(OCOC)c3cc12. The summed E-state index contributed by atoms with van der Waals surface area (Å²) < 4.78 is 21.5. The van der Waals surface area contributed by atoms with Gasteiger partial charge in [-0.15, -0.1) is 0 Å². The largest absolute Gasteiger partial charge is 0.467 e. The van der Waals surface area contributed by atoms with Crippen LogP contribution in [0.1, 0.15) is 5.56 Å². The number of benzene rings is 3. The van der Waals surface area contributed by atoms with Crippen molar-refractivity contribution in [1.82, 2.24) is 0 Å². The highest BCUT2D eigenvalue weighted by Gasteiger charge is 2.10. The predicted molar refractivity (Wildman–Crippen MR) is 91.2 cm³/mol. The van der Waals surface area contributed by atoms with E-state index in [-0.39, 0.29) is 13.6 Å². The first-order valence-corrected chi connectivity index (χ1v) is 7.44. The van der Waals surface area contributed by atoms with Gasteiger partial charge in [0.15, 0.2) is 13.6 Å². The van der Waals surface area contributed by atoms with Crippen molar-refractivity contribution in [1.29, 1.82) is 0 Å². The summed E-state index contributed by atoms with van der Waals surface area (Å²) in [5.41, 5.74) is 1.07. The summed E-state index contributed by atoms with van der Waals surface area (Å²) in [5.74, 6) is 1.64. The standard InChI is InChI=1S/C19H20O4/c1-13-7-8-15-9-14-5-4-6-18(22-11-20-2)16(14)10-17(15)19(13)23-12-21-3/h4-10H,11-12H2,1-3H3. The van der Waals surface area contributed by atoms with Crippen LogP contribution in [0.25, 0.3) is 21.5 Å². The molecule has 3 aromatic carbocycles. The highest BCUT2D eigenvalue weighted by molar-refractivity contribution is 6.03. The third kappa shape index (κ3) is 3.09. The lowest BCUT2D eigenvalue weighted by molar-refractivity contribution is 0.0517. The minimum Gasteiger partial charge on any atom is -0.467 e. The van der Waals surface area contributed by atoms with E-state index in [1.165, 1.54) is 0 Å². The fourth-order valence-electron chi connectivity index (χ4n) is 2.71. The fraction of sp³-hybridized carbons (Fsp3) is 0.263. The van der Waals surface area contributed by atoms with Gasteiger partial charge in [-0.05, 0) is 41.5 Å². The molecule has 0 spiro atoms. The molecule has 23 heavy (non-hydrogen) atoms.